The van der Waals surface area contributed by atoms with E-state index in [-0.39, 0.29) is 5.41 Å². The molecule has 2 N–H and O–H groups in total. The van der Waals surface area contributed by atoms with Gasteiger partial charge in [0.05, 0.1) is 0 Å². The molecule has 1 aliphatic carbocycles. The van der Waals surface area contributed by atoms with Crippen LogP contribution in [0.2, 0.25) is 0 Å². The van der Waals surface area contributed by atoms with Crippen molar-refractivity contribution in [3.8, 4) is 0 Å². The summed E-state index contributed by atoms with van der Waals surface area (Å²) < 4.78 is 1.99. The highest BCUT2D eigenvalue weighted by Gasteiger charge is 2.44. The fourth-order valence-electron chi connectivity index (χ4n) is 3.43. The Hall–Kier alpha value is -2.67. The third kappa shape index (κ3) is 4.85. The van der Waals surface area contributed by atoms with Crippen LogP contribution < -0.4 is 10.6 Å². The predicted molar refractivity (Wildman–Crippen MR) is 118 cm³/mol. The third-order valence-corrected chi connectivity index (χ3v) is 6.58. The molecule has 1 fully saturated rings. The van der Waals surface area contributed by atoms with Gasteiger partial charge in [-0.1, -0.05) is 36.4 Å². The molecule has 3 aromatic rings. The highest BCUT2D eigenvalue weighted by Crippen LogP contribution is 2.47. The monoisotopic (exact) mass is 408 g/mol. The summed E-state index contributed by atoms with van der Waals surface area (Å²) in [6.45, 7) is 4.20. The molecule has 7 heteroatoms. The van der Waals surface area contributed by atoms with Gasteiger partial charge in [0, 0.05) is 30.4 Å². The Morgan fingerprint density at radius 2 is 1.97 bits per heavy atom. The molecular formula is C22H28N6S. The first kappa shape index (κ1) is 19.6. The van der Waals surface area contributed by atoms with Gasteiger partial charge in [-0.25, -0.2) is 4.99 Å². The van der Waals surface area contributed by atoms with Crippen molar-refractivity contribution < 1.29 is 0 Å². The van der Waals surface area contributed by atoms with Gasteiger partial charge in [-0.2, -0.15) is 0 Å². The smallest absolute Gasteiger partial charge is 0.191 e. The van der Waals surface area contributed by atoms with E-state index in [0.717, 1.165) is 37.1 Å². The summed E-state index contributed by atoms with van der Waals surface area (Å²) in [4.78, 5) is 6.16. The van der Waals surface area contributed by atoms with Crippen LogP contribution in [0.25, 0.3) is 0 Å². The number of aliphatic imine (C=N–C) groups is 1. The highest BCUT2D eigenvalue weighted by atomic mass is 32.1. The number of nitrogens with one attached hydrogen (secondary N) is 2. The van der Waals surface area contributed by atoms with Crippen molar-refractivity contribution in [1.29, 1.82) is 0 Å². The molecule has 0 bridgehead atoms. The molecule has 1 saturated carbocycles. The molecule has 6 nitrogen and oxygen atoms in total. The van der Waals surface area contributed by atoms with E-state index < -0.39 is 0 Å². The lowest BCUT2D eigenvalue weighted by atomic mass is 9.96. The Kier molecular flexibility index (Phi) is 5.94. The number of thiophene rings is 1. The second-order valence-corrected chi connectivity index (χ2v) is 8.68. The van der Waals surface area contributed by atoms with E-state index in [9.17, 15) is 0 Å². The average molecular weight is 409 g/mol. The minimum Gasteiger partial charge on any atom is -0.356 e. The van der Waals surface area contributed by atoms with Crippen LogP contribution in [0.5, 0.6) is 0 Å². The van der Waals surface area contributed by atoms with Gasteiger partial charge in [0.1, 0.15) is 12.4 Å². The van der Waals surface area contributed by atoms with Crippen molar-refractivity contribution in [3.63, 3.8) is 0 Å². The first-order valence-corrected chi connectivity index (χ1v) is 11.0. The zero-order chi connectivity index (χ0) is 20.1. The molecule has 0 amide bonds. The van der Waals surface area contributed by atoms with Crippen LogP contribution in [0.15, 0.2) is 52.8 Å². The maximum absolute atomic E-state index is 4.79. The van der Waals surface area contributed by atoms with Gasteiger partial charge < -0.3 is 15.2 Å². The van der Waals surface area contributed by atoms with Crippen LogP contribution in [0.4, 0.5) is 0 Å². The second-order valence-electron chi connectivity index (χ2n) is 7.64. The van der Waals surface area contributed by atoms with Crippen molar-refractivity contribution in [2.45, 2.75) is 38.1 Å². The molecule has 0 unspecified atom stereocenters. The minimum absolute atomic E-state index is 0.235. The van der Waals surface area contributed by atoms with E-state index in [1.54, 1.807) is 11.3 Å². The van der Waals surface area contributed by atoms with E-state index in [4.69, 9.17) is 4.99 Å². The van der Waals surface area contributed by atoms with Gasteiger partial charge >= 0.3 is 0 Å². The summed E-state index contributed by atoms with van der Waals surface area (Å²) in [7, 11) is 1.98. The molecule has 1 aromatic carbocycles. The molecule has 0 saturated heterocycles. The normalized spacial score (nSPS) is 15.3. The van der Waals surface area contributed by atoms with Crippen molar-refractivity contribution in [1.82, 2.24) is 25.4 Å². The number of hydrogen-bond donors (Lipinski definition) is 2. The van der Waals surface area contributed by atoms with Gasteiger partial charge in [0.25, 0.3) is 0 Å². The Morgan fingerprint density at radius 3 is 2.62 bits per heavy atom. The Balaban J connectivity index is 1.41. The Labute approximate surface area is 176 Å². The maximum atomic E-state index is 4.79. The van der Waals surface area contributed by atoms with Crippen LogP contribution in [-0.4, -0.2) is 33.8 Å². The van der Waals surface area contributed by atoms with E-state index in [2.05, 4.69) is 68.7 Å². The number of hydrogen-bond acceptors (Lipinski definition) is 4. The molecule has 152 valence electrons. The lowest BCUT2D eigenvalue weighted by Crippen LogP contribution is -2.42. The van der Waals surface area contributed by atoms with Crippen LogP contribution in [-0.2, 0) is 25.4 Å². The number of guanidine groups is 1. The summed E-state index contributed by atoms with van der Waals surface area (Å²) in [5.74, 6) is 2.60. The summed E-state index contributed by atoms with van der Waals surface area (Å²) in [6, 6.07) is 15.1. The topological polar surface area (TPSA) is 67.1 Å². The fraction of sp³-hybridized carbons (Fsp3) is 0.409. The average Bonchev–Trinajstić information content (AvgIpc) is 3.24. The summed E-state index contributed by atoms with van der Waals surface area (Å²) >= 11 is 1.79. The quantitative estimate of drug-likeness (QED) is 0.444. The zero-order valence-electron chi connectivity index (χ0n) is 17.1. The molecule has 2 heterocycles. The minimum atomic E-state index is 0.235. The van der Waals surface area contributed by atoms with E-state index in [1.165, 1.54) is 23.3 Å². The predicted octanol–water partition coefficient (Wildman–Crippen LogP) is 3.19. The van der Waals surface area contributed by atoms with E-state index >= 15 is 0 Å². The van der Waals surface area contributed by atoms with E-state index in [0.29, 0.717) is 6.54 Å². The summed E-state index contributed by atoms with van der Waals surface area (Å²) in [5, 5.41) is 17.6. The van der Waals surface area contributed by atoms with Crippen molar-refractivity contribution in [3.05, 3.63) is 69.9 Å². The van der Waals surface area contributed by atoms with Crippen molar-refractivity contribution in [2.24, 2.45) is 12.0 Å². The lowest BCUT2D eigenvalue weighted by Gasteiger charge is -2.19. The Morgan fingerprint density at radius 1 is 1.14 bits per heavy atom. The molecule has 29 heavy (non-hydrogen) atoms. The SMILES string of the molecule is Cc1nnc(CN=C(NCCc2cccs2)NCC2(c3ccccc3)CC2)n1C. The molecule has 0 spiro atoms. The number of aromatic nitrogens is 3. The van der Waals surface area contributed by atoms with Crippen LogP contribution in [0, 0.1) is 6.92 Å². The van der Waals surface area contributed by atoms with Gasteiger partial charge in [0.15, 0.2) is 11.8 Å². The van der Waals surface area contributed by atoms with E-state index in [1.807, 2.05) is 18.5 Å². The maximum Gasteiger partial charge on any atom is 0.191 e. The van der Waals surface area contributed by atoms with Crippen molar-refractivity contribution in [2.75, 3.05) is 13.1 Å². The largest absolute Gasteiger partial charge is 0.356 e. The molecule has 0 atom stereocenters. The molecule has 0 aliphatic heterocycles. The number of aryl methyl sites for hydroxylation is 1. The number of nitrogens with zero attached hydrogens (tertiary/aromatic N) is 4. The summed E-state index contributed by atoms with van der Waals surface area (Å²) in [6.07, 6.45) is 3.43. The van der Waals surface area contributed by atoms with Crippen molar-refractivity contribution >= 4 is 17.3 Å². The van der Waals surface area contributed by atoms with Gasteiger partial charge in [-0.15, -0.1) is 21.5 Å². The number of benzene rings is 1. The third-order valence-electron chi connectivity index (χ3n) is 5.64. The first-order chi connectivity index (χ1) is 14.2. The zero-order valence-corrected chi connectivity index (χ0v) is 17.9. The molecule has 4 rings (SSSR count). The standard InChI is InChI=1S/C22H28N6S/c1-17-26-27-20(28(17)2)15-24-21(23-13-10-19-9-6-14-29-19)25-16-22(11-12-22)18-7-4-3-5-8-18/h3-9,14H,10-13,15-16H2,1-2H3,(H2,23,24,25). The lowest BCUT2D eigenvalue weighted by molar-refractivity contribution is 0.642. The highest BCUT2D eigenvalue weighted by molar-refractivity contribution is 7.09. The molecule has 2 aromatic heterocycles. The van der Waals surface area contributed by atoms with Gasteiger partial charge in [-0.05, 0) is 43.2 Å². The fourth-order valence-corrected chi connectivity index (χ4v) is 4.14. The van der Waals surface area contributed by atoms with Crippen LogP contribution in [0.3, 0.4) is 0 Å². The van der Waals surface area contributed by atoms with Crippen LogP contribution in [0.1, 0.15) is 34.9 Å². The Bertz CT molecular complexity index is 941. The van der Waals surface area contributed by atoms with Crippen LogP contribution >= 0.6 is 11.3 Å². The molecule has 1 aliphatic rings. The van der Waals surface area contributed by atoms with Gasteiger partial charge in [0.2, 0.25) is 0 Å². The number of rotatable bonds is 8. The molecule has 0 radical (unpaired) electrons. The second kappa shape index (κ2) is 8.78. The van der Waals surface area contributed by atoms with Gasteiger partial charge in [-0.3, -0.25) is 0 Å². The summed E-state index contributed by atoms with van der Waals surface area (Å²) in [5.41, 5.74) is 1.65. The first-order valence-electron chi connectivity index (χ1n) is 10.1. The molecular weight excluding hydrogens is 380 g/mol.